The minimum absolute atomic E-state index is 0.358. The fraction of sp³-hybridized carbons (Fsp3) is 0.455. The van der Waals surface area contributed by atoms with E-state index in [2.05, 4.69) is 32.8 Å². The van der Waals surface area contributed by atoms with Gasteiger partial charge in [-0.2, -0.15) is 0 Å². The highest BCUT2D eigenvalue weighted by Crippen LogP contribution is 2.25. The Morgan fingerprint density at radius 2 is 2.08 bits per heavy atom. The first-order valence-electron chi connectivity index (χ1n) is 4.06. The second kappa shape index (κ2) is 3.33. The predicted octanol–water partition coefficient (Wildman–Crippen LogP) is 3.32. The Hall–Kier alpha value is -0.740. The maximum atomic E-state index is 5.29. The normalized spacial score (nSPS) is 11.2. The van der Waals surface area contributed by atoms with Gasteiger partial charge in [0.2, 0.25) is 0 Å². The molecule has 1 heterocycles. The molecule has 0 nitrogen and oxygen atoms in total. The first kappa shape index (κ1) is 9.35. The topological polar surface area (TPSA) is 0 Å². The molecule has 0 saturated heterocycles. The van der Waals surface area contributed by atoms with Crippen molar-refractivity contribution in [1.29, 1.82) is 0 Å². The van der Waals surface area contributed by atoms with Crippen LogP contribution in [0, 0.1) is 17.8 Å². The minimum Gasteiger partial charge on any atom is -0.132 e. The molecule has 0 N–H and O–H groups in total. The lowest BCUT2D eigenvalue weighted by Crippen LogP contribution is -2.07. The third kappa shape index (κ3) is 2.71. The summed E-state index contributed by atoms with van der Waals surface area (Å²) in [6.07, 6.45) is 6.40. The molecule has 0 bridgehead atoms. The SMILES string of the molecule is C#Cc1ccc(CC(C)(C)C)s1. The van der Waals surface area contributed by atoms with E-state index in [0.29, 0.717) is 5.41 Å². The number of hydrogen-bond acceptors (Lipinski definition) is 1. The molecule has 1 rings (SSSR count). The average molecular weight is 178 g/mol. The first-order chi connectivity index (χ1) is 5.51. The molecule has 0 radical (unpaired) electrons. The summed E-state index contributed by atoms with van der Waals surface area (Å²) in [5.74, 6) is 2.65. The van der Waals surface area contributed by atoms with Crippen molar-refractivity contribution in [2.45, 2.75) is 27.2 Å². The average Bonchev–Trinajstić information content (AvgIpc) is 2.32. The largest absolute Gasteiger partial charge is 0.132 e. The van der Waals surface area contributed by atoms with Gasteiger partial charge in [-0.3, -0.25) is 0 Å². The molecule has 0 aliphatic heterocycles. The fourth-order valence-electron chi connectivity index (χ4n) is 1.07. The maximum absolute atomic E-state index is 5.29. The van der Waals surface area contributed by atoms with E-state index in [1.54, 1.807) is 11.3 Å². The quantitative estimate of drug-likeness (QED) is 0.579. The summed E-state index contributed by atoms with van der Waals surface area (Å²) in [5.41, 5.74) is 0.358. The van der Waals surface area contributed by atoms with Crippen LogP contribution in [0.25, 0.3) is 0 Å². The van der Waals surface area contributed by atoms with Crippen molar-refractivity contribution in [3.63, 3.8) is 0 Å². The lowest BCUT2D eigenvalue weighted by Gasteiger charge is -2.16. The lowest BCUT2D eigenvalue weighted by molar-refractivity contribution is 0.414. The molecule has 0 unspecified atom stereocenters. The Morgan fingerprint density at radius 1 is 1.42 bits per heavy atom. The van der Waals surface area contributed by atoms with Crippen LogP contribution < -0.4 is 0 Å². The molecule has 1 aromatic heterocycles. The number of rotatable bonds is 1. The monoisotopic (exact) mass is 178 g/mol. The van der Waals surface area contributed by atoms with E-state index in [-0.39, 0.29) is 0 Å². The van der Waals surface area contributed by atoms with E-state index in [9.17, 15) is 0 Å². The molecule has 0 aromatic carbocycles. The Bertz CT molecular complexity index is 294. The second-order valence-electron chi connectivity index (χ2n) is 4.15. The Morgan fingerprint density at radius 3 is 2.50 bits per heavy atom. The van der Waals surface area contributed by atoms with Crippen LogP contribution in [0.4, 0.5) is 0 Å². The standard InChI is InChI=1S/C11H14S/c1-5-9-6-7-10(12-9)8-11(2,3)4/h1,6-7H,8H2,2-4H3. The summed E-state index contributed by atoms with van der Waals surface area (Å²) in [6, 6.07) is 4.15. The number of hydrogen-bond donors (Lipinski definition) is 0. The Labute approximate surface area is 78.6 Å². The molecule has 0 aliphatic rings. The third-order valence-corrected chi connectivity index (χ3v) is 2.52. The lowest BCUT2D eigenvalue weighted by atomic mass is 9.92. The van der Waals surface area contributed by atoms with E-state index in [1.807, 2.05) is 6.07 Å². The van der Waals surface area contributed by atoms with E-state index in [0.717, 1.165) is 11.3 Å². The van der Waals surface area contributed by atoms with Crippen LogP contribution >= 0.6 is 11.3 Å². The zero-order valence-corrected chi connectivity index (χ0v) is 8.66. The molecule has 0 amide bonds. The summed E-state index contributed by atoms with van der Waals surface area (Å²) in [6.45, 7) is 6.72. The van der Waals surface area contributed by atoms with E-state index in [1.165, 1.54) is 4.88 Å². The molecule has 1 aromatic rings. The molecule has 12 heavy (non-hydrogen) atoms. The van der Waals surface area contributed by atoms with Gasteiger partial charge in [0.25, 0.3) is 0 Å². The zero-order valence-electron chi connectivity index (χ0n) is 7.85. The van der Waals surface area contributed by atoms with Crippen molar-refractivity contribution in [1.82, 2.24) is 0 Å². The van der Waals surface area contributed by atoms with Crippen LogP contribution in [-0.2, 0) is 6.42 Å². The van der Waals surface area contributed by atoms with Crippen LogP contribution in [0.5, 0.6) is 0 Å². The van der Waals surface area contributed by atoms with Crippen molar-refractivity contribution in [2.24, 2.45) is 5.41 Å². The molecular formula is C11H14S. The van der Waals surface area contributed by atoms with E-state index >= 15 is 0 Å². The van der Waals surface area contributed by atoms with Crippen LogP contribution in [-0.4, -0.2) is 0 Å². The Balaban J connectivity index is 2.72. The van der Waals surface area contributed by atoms with Gasteiger partial charge in [0.1, 0.15) is 0 Å². The van der Waals surface area contributed by atoms with Gasteiger partial charge in [-0.25, -0.2) is 0 Å². The molecule has 1 heteroatoms. The van der Waals surface area contributed by atoms with Gasteiger partial charge in [0.15, 0.2) is 0 Å². The highest BCUT2D eigenvalue weighted by atomic mass is 32.1. The number of terminal acetylenes is 1. The van der Waals surface area contributed by atoms with Crippen molar-refractivity contribution >= 4 is 11.3 Å². The van der Waals surface area contributed by atoms with Gasteiger partial charge in [-0.1, -0.05) is 26.7 Å². The van der Waals surface area contributed by atoms with Crippen molar-refractivity contribution in [3.8, 4) is 12.3 Å². The molecule has 0 atom stereocenters. The summed E-state index contributed by atoms with van der Waals surface area (Å²) in [4.78, 5) is 2.42. The van der Waals surface area contributed by atoms with Gasteiger partial charge in [-0.15, -0.1) is 17.8 Å². The first-order valence-corrected chi connectivity index (χ1v) is 4.88. The van der Waals surface area contributed by atoms with Crippen LogP contribution in [0.3, 0.4) is 0 Å². The van der Waals surface area contributed by atoms with Crippen molar-refractivity contribution in [2.75, 3.05) is 0 Å². The van der Waals surface area contributed by atoms with Crippen LogP contribution in [0.1, 0.15) is 30.5 Å². The second-order valence-corrected chi connectivity index (χ2v) is 5.32. The smallest absolute Gasteiger partial charge is 0.0768 e. The molecular weight excluding hydrogens is 164 g/mol. The van der Waals surface area contributed by atoms with Crippen LogP contribution in [0.2, 0.25) is 0 Å². The fourth-order valence-corrected chi connectivity index (χ4v) is 2.19. The van der Waals surface area contributed by atoms with Gasteiger partial charge in [0, 0.05) is 4.88 Å². The molecule has 0 aliphatic carbocycles. The molecule has 64 valence electrons. The summed E-state index contributed by atoms with van der Waals surface area (Å²) in [7, 11) is 0. The molecule has 0 spiro atoms. The van der Waals surface area contributed by atoms with Crippen LogP contribution in [0.15, 0.2) is 12.1 Å². The predicted molar refractivity (Wildman–Crippen MR) is 55.4 cm³/mol. The summed E-state index contributed by atoms with van der Waals surface area (Å²) >= 11 is 1.72. The maximum Gasteiger partial charge on any atom is 0.0768 e. The summed E-state index contributed by atoms with van der Waals surface area (Å²) < 4.78 is 0. The third-order valence-electron chi connectivity index (χ3n) is 1.51. The Kier molecular flexibility index (Phi) is 2.59. The zero-order chi connectivity index (χ0) is 9.19. The molecule has 0 fully saturated rings. The van der Waals surface area contributed by atoms with E-state index in [4.69, 9.17) is 6.42 Å². The highest BCUT2D eigenvalue weighted by molar-refractivity contribution is 7.12. The van der Waals surface area contributed by atoms with Gasteiger partial charge in [0.05, 0.1) is 4.88 Å². The summed E-state index contributed by atoms with van der Waals surface area (Å²) in [5, 5.41) is 0. The highest BCUT2D eigenvalue weighted by Gasteiger charge is 2.12. The van der Waals surface area contributed by atoms with Crippen molar-refractivity contribution < 1.29 is 0 Å². The van der Waals surface area contributed by atoms with Gasteiger partial charge in [-0.05, 0) is 24.0 Å². The van der Waals surface area contributed by atoms with E-state index < -0.39 is 0 Å². The van der Waals surface area contributed by atoms with Gasteiger partial charge >= 0.3 is 0 Å². The minimum atomic E-state index is 0.358. The van der Waals surface area contributed by atoms with Gasteiger partial charge < -0.3 is 0 Å². The molecule has 0 saturated carbocycles. The van der Waals surface area contributed by atoms with Crippen molar-refractivity contribution in [3.05, 3.63) is 21.9 Å². The number of thiophene rings is 1.